The van der Waals surface area contributed by atoms with Crippen molar-refractivity contribution < 1.29 is 9.59 Å². The third kappa shape index (κ3) is 5.15. The van der Waals surface area contributed by atoms with Crippen LogP contribution < -0.4 is 21.5 Å². The fourth-order valence-electron chi connectivity index (χ4n) is 5.70. The number of amides is 2. The average molecular weight is 528 g/mol. The minimum absolute atomic E-state index is 0.0261. The number of aromatic amines is 1. The molecule has 8 heteroatoms. The predicted octanol–water partition coefficient (Wildman–Crippen LogP) is 4.52. The lowest BCUT2D eigenvalue weighted by atomic mass is 9.93. The van der Waals surface area contributed by atoms with E-state index in [9.17, 15) is 14.4 Å². The second-order valence-electron chi connectivity index (χ2n) is 10.9. The lowest BCUT2D eigenvalue weighted by molar-refractivity contribution is -0.120. The number of benzene rings is 1. The van der Waals surface area contributed by atoms with Gasteiger partial charge in [-0.15, -0.1) is 0 Å². The fourth-order valence-corrected chi connectivity index (χ4v) is 5.70. The van der Waals surface area contributed by atoms with Gasteiger partial charge < -0.3 is 25.5 Å². The lowest BCUT2D eigenvalue weighted by Crippen LogP contribution is -2.38. The summed E-state index contributed by atoms with van der Waals surface area (Å²) in [7, 11) is 0. The molecule has 1 aromatic carbocycles. The number of aromatic nitrogens is 2. The molecule has 0 aliphatic carbocycles. The topological polar surface area (TPSA) is 108 Å². The van der Waals surface area contributed by atoms with E-state index >= 15 is 0 Å². The van der Waals surface area contributed by atoms with Crippen molar-refractivity contribution >= 4 is 28.3 Å². The number of carbonyl (C=O) groups excluding carboxylic acids is 2. The smallest absolute Gasteiger partial charge is 0.253 e. The van der Waals surface area contributed by atoms with Crippen molar-refractivity contribution in [2.45, 2.75) is 72.9 Å². The molecule has 204 valence electrons. The van der Waals surface area contributed by atoms with E-state index in [0.717, 1.165) is 63.1 Å². The minimum atomic E-state index is -0.205. The summed E-state index contributed by atoms with van der Waals surface area (Å²) < 4.78 is 2.21. The molecule has 0 saturated carbocycles. The molecule has 2 aliphatic heterocycles. The third-order valence-corrected chi connectivity index (χ3v) is 7.61. The number of aryl methyl sites for hydroxylation is 3. The first kappa shape index (κ1) is 26.5. The van der Waals surface area contributed by atoms with Crippen molar-refractivity contribution in [3.05, 3.63) is 85.7 Å². The van der Waals surface area contributed by atoms with Crippen LogP contribution >= 0.6 is 0 Å². The molecule has 0 fully saturated rings. The molecule has 4 heterocycles. The highest BCUT2D eigenvalue weighted by atomic mass is 16.2. The second-order valence-corrected chi connectivity index (χ2v) is 10.9. The van der Waals surface area contributed by atoms with Crippen LogP contribution in [0.15, 0.2) is 46.7 Å². The van der Waals surface area contributed by atoms with Crippen LogP contribution in [0.1, 0.15) is 84.4 Å². The van der Waals surface area contributed by atoms with Gasteiger partial charge in [0, 0.05) is 59.5 Å². The Labute approximate surface area is 228 Å². The van der Waals surface area contributed by atoms with Crippen LogP contribution in [0.2, 0.25) is 0 Å². The standard InChI is InChI=1S/C31H37N5O3/c1-6-7-20-10-19(5)34-31(39)25(20)15-33-30(38)24-12-22(13-26-28(24)18(4)16-36(26)17(2)3)23-11-21-8-9-27(37)35-29(21)32-14-23/h10-13,16-17,32H,6-9,14-15H2,1-5H3,(H,33,38)(H,34,39)(H,35,37). The molecule has 0 radical (unpaired) electrons. The zero-order valence-electron chi connectivity index (χ0n) is 23.4. The number of pyridine rings is 1. The number of carbonyl (C=O) groups is 2. The normalized spacial score (nSPS) is 15.2. The molecule has 2 aliphatic rings. The molecule has 0 unspecified atom stereocenters. The summed E-state index contributed by atoms with van der Waals surface area (Å²) in [5.41, 5.74) is 7.98. The molecule has 3 aromatic rings. The first-order valence-corrected chi connectivity index (χ1v) is 13.8. The van der Waals surface area contributed by atoms with Gasteiger partial charge in [-0.3, -0.25) is 14.4 Å². The van der Waals surface area contributed by atoms with Gasteiger partial charge in [0.2, 0.25) is 5.91 Å². The summed E-state index contributed by atoms with van der Waals surface area (Å²) in [4.78, 5) is 41.3. The monoisotopic (exact) mass is 527 g/mol. The van der Waals surface area contributed by atoms with E-state index in [0.29, 0.717) is 30.5 Å². The predicted molar refractivity (Wildman–Crippen MR) is 154 cm³/mol. The SMILES string of the molecule is CCCc1cc(C)[nH]c(=O)c1CNC(=O)c1cc(C2=CC3=C(NC2)NC(=O)CC3)cc2c1c(C)cn2C(C)C. The van der Waals surface area contributed by atoms with Crippen molar-refractivity contribution in [2.75, 3.05) is 6.54 Å². The summed E-state index contributed by atoms with van der Waals surface area (Å²) >= 11 is 0. The van der Waals surface area contributed by atoms with Crippen molar-refractivity contribution in [3.8, 4) is 0 Å². The molecular weight excluding hydrogens is 490 g/mol. The quantitative estimate of drug-likeness (QED) is 0.362. The molecule has 0 saturated heterocycles. The van der Waals surface area contributed by atoms with E-state index in [4.69, 9.17) is 0 Å². The van der Waals surface area contributed by atoms with E-state index < -0.39 is 0 Å². The van der Waals surface area contributed by atoms with Gasteiger partial charge in [0.05, 0.1) is 0 Å². The van der Waals surface area contributed by atoms with Crippen molar-refractivity contribution in [1.29, 1.82) is 0 Å². The Hall–Kier alpha value is -4.07. The first-order chi connectivity index (χ1) is 18.7. The Kier molecular flexibility index (Phi) is 7.21. The van der Waals surface area contributed by atoms with Gasteiger partial charge in [0.25, 0.3) is 11.5 Å². The number of nitrogens with one attached hydrogen (secondary N) is 4. The average Bonchev–Trinajstić information content (AvgIpc) is 3.24. The zero-order chi connectivity index (χ0) is 27.8. The van der Waals surface area contributed by atoms with Gasteiger partial charge in [-0.2, -0.15) is 0 Å². The second kappa shape index (κ2) is 10.6. The van der Waals surface area contributed by atoms with Crippen molar-refractivity contribution in [1.82, 2.24) is 25.5 Å². The highest BCUT2D eigenvalue weighted by Crippen LogP contribution is 2.33. The van der Waals surface area contributed by atoms with E-state index in [1.165, 1.54) is 0 Å². The Morgan fingerprint density at radius 1 is 1.13 bits per heavy atom. The largest absolute Gasteiger partial charge is 0.367 e. The van der Waals surface area contributed by atoms with Gasteiger partial charge in [0.1, 0.15) is 5.82 Å². The molecule has 0 spiro atoms. The molecule has 2 amide bonds. The van der Waals surface area contributed by atoms with E-state index in [1.807, 2.05) is 26.0 Å². The Balaban J connectivity index is 1.56. The van der Waals surface area contributed by atoms with E-state index in [1.54, 1.807) is 0 Å². The summed E-state index contributed by atoms with van der Waals surface area (Å²) in [5.74, 6) is 0.600. The fraction of sp³-hybridized carbons (Fsp3) is 0.387. The maximum absolute atomic E-state index is 13.8. The van der Waals surface area contributed by atoms with E-state index in [-0.39, 0.29) is 30.0 Å². The molecule has 0 bridgehead atoms. The first-order valence-electron chi connectivity index (χ1n) is 13.8. The van der Waals surface area contributed by atoms with Crippen LogP contribution in [0, 0.1) is 13.8 Å². The van der Waals surface area contributed by atoms with Crippen LogP contribution in [0.3, 0.4) is 0 Å². The molecule has 4 N–H and O–H groups in total. The molecule has 5 rings (SSSR count). The van der Waals surface area contributed by atoms with Gasteiger partial charge in [-0.25, -0.2) is 0 Å². The Bertz CT molecular complexity index is 1600. The van der Waals surface area contributed by atoms with Gasteiger partial charge >= 0.3 is 0 Å². The van der Waals surface area contributed by atoms with Gasteiger partial charge in [-0.05, 0) is 92.6 Å². The van der Waals surface area contributed by atoms with Crippen LogP contribution in [0.5, 0.6) is 0 Å². The number of H-pyrrole nitrogens is 1. The van der Waals surface area contributed by atoms with Crippen molar-refractivity contribution in [2.24, 2.45) is 0 Å². The van der Waals surface area contributed by atoms with Crippen LogP contribution in [-0.2, 0) is 17.8 Å². The molecular formula is C31H37N5O3. The minimum Gasteiger partial charge on any atom is -0.367 e. The molecule has 8 nitrogen and oxygen atoms in total. The van der Waals surface area contributed by atoms with Gasteiger partial charge in [-0.1, -0.05) is 13.3 Å². The Morgan fingerprint density at radius 3 is 2.67 bits per heavy atom. The highest BCUT2D eigenvalue weighted by molar-refractivity contribution is 6.09. The molecule has 0 atom stereocenters. The number of rotatable bonds is 7. The zero-order valence-corrected chi connectivity index (χ0v) is 23.4. The number of hydrogen-bond donors (Lipinski definition) is 4. The number of allylic oxidation sites excluding steroid dienone is 2. The summed E-state index contributed by atoms with van der Waals surface area (Å²) in [6, 6.07) is 6.33. The molecule has 39 heavy (non-hydrogen) atoms. The van der Waals surface area contributed by atoms with Crippen LogP contribution in [-0.4, -0.2) is 27.9 Å². The van der Waals surface area contributed by atoms with Crippen LogP contribution in [0.25, 0.3) is 16.5 Å². The van der Waals surface area contributed by atoms with Crippen molar-refractivity contribution in [3.63, 3.8) is 0 Å². The Morgan fingerprint density at radius 2 is 1.92 bits per heavy atom. The maximum atomic E-state index is 13.8. The summed E-state index contributed by atoms with van der Waals surface area (Å²) in [5, 5.41) is 10.2. The number of nitrogens with zero attached hydrogens (tertiary/aromatic N) is 1. The molecule has 2 aromatic heterocycles. The van der Waals surface area contributed by atoms with E-state index in [2.05, 4.69) is 64.6 Å². The summed E-state index contributed by atoms with van der Waals surface area (Å²) in [6.07, 6.45) is 7.08. The van der Waals surface area contributed by atoms with Gasteiger partial charge in [0.15, 0.2) is 0 Å². The number of hydrogen-bond acceptors (Lipinski definition) is 4. The number of fused-ring (bicyclic) bond motifs is 1. The van der Waals surface area contributed by atoms with Crippen LogP contribution in [0.4, 0.5) is 0 Å². The number of dihydropyridines is 1. The lowest BCUT2D eigenvalue weighted by Gasteiger charge is -2.26. The highest BCUT2D eigenvalue weighted by Gasteiger charge is 2.24. The summed E-state index contributed by atoms with van der Waals surface area (Å²) in [6.45, 7) is 11.0. The third-order valence-electron chi connectivity index (χ3n) is 7.61. The maximum Gasteiger partial charge on any atom is 0.253 e.